The third-order valence-corrected chi connectivity index (χ3v) is 3.80. The lowest BCUT2D eigenvalue weighted by molar-refractivity contribution is -0.136. The van der Waals surface area contributed by atoms with Crippen molar-refractivity contribution in [3.63, 3.8) is 0 Å². The van der Waals surface area contributed by atoms with Crippen molar-refractivity contribution in [2.24, 2.45) is 5.73 Å². The Bertz CT molecular complexity index is 504. The molecule has 2 N–H and O–H groups in total. The molecule has 4 nitrogen and oxygen atoms in total. The fourth-order valence-electron chi connectivity index (χ4n) is 2.59. The van der Waals surface area contributed by atoms with Crippen molar-refractivity contribution >= 4 is 23.4 Å². The summed E-state index contributed by atoms with van der Waals surface area (Å²) in [6.07, 6.45) is 0.952. The average Bonchev–Trinajstić information content (AvgIpc) is 2.72. The van der Waals surface area contributed by atoms with Crippen LogP contribution in [0.15, 0.2) is 24.3 Å². The van der Waals surface area contributed by atoms with Crippen LogP contribution < -0.4 is 5.73 Å². The molecular formula is C14H17ClN2O2. The van der Waals surface area contributed by atoms with Crippen LogP contribution in [0.5, 0.6) is 0 Å². The molecule has 0 aliphatic carbocycles. The van der Waals surface area contributed by atoms with Crippen LogP contribution in [0.2, 0.25) is 5.02 Å². The van der Waals surface area contributed by atoms with E-state index in [4.69, 9.17) is 17.3 Å². The summed E-state index contributed by atoms with van der Waals surface area (Å²) >= 11 is 5.96. The predicted octanol–water partition coefficient (Wildman–Crippen LogP) is 1.92. The lowest BCUT2D eigenvalue weighted by atomic mass is 9.98. The van der Waals surface area contributed by atoms with E-state index in [1.165, 1.54) is 0 Å². The molecule has 1 aliphatic rings. The summed E-state index contributed by atoms with van der Waals surface area (Å²) in [5.41, 5.74) is 6.37. The summed E-state index contributed by atoms with van der Waals surface area (Å²) < 4.78 is 0. The van der Waals surface area contributed by atoms with Crippen molar-refractivity contribution in [2.45, 2.75) is 31.7 Å². The van der Waals surface area contributed by atoms with Crippen LogP contribution >= 0.6 is 11.6 Å². The van der Waals surface area contributed by atoms with Gasteiger partial charge in [-0.2, -0.15) is 0 Å². The van der Waals surface area contributed by atoms with Gasteiger partial charge in [0, 0.05) is 23.9 Å². The van der Waals surface area contributed by atoms with Gasteiger partial charge in [0.15, 0.2) is 0 Å². The first kappa shape index (κ1) is 13.9. The second-order valence-electron chi connectivity index (χ2n) is 4.83. The van der Waals surface area contributed by atoms with E-state index >= 15 is 0 Å². The number of rotatable bonds is 4. The molecule has 1 saturated heterocycles. The molecule has 19 heavy (non-hydrogen) atoms. The van der Waals surface area contributed by atoms with Crippen LogP contribution in [-0.2, 0) is 9.59 Å². The Balaban J connectivity index is 2.17. The first-order valence-electron chi connectivity index (χ1n) is 6.37. The highest BCUT2D eigenvalue weighted by atomic mass is 35.5. The number of hydrogen-bond donors (Lipinski definition) is 1. The maximum atomic E-state index is 12.0. The van der Waals surface area contributed by atoms with E-state index in [1.54, 1.807) is 11.0 Å². The second kappa shape index (κ2) is 5.61. The highest BCUT2D eigenvalue weighted by Gasteiger charge is 2.36. The molecule has 0 bridgehead atoms. The molecule has 1 heterocycles. The lowest BCUT2D eigenvalue weighted by Crippen LogP contribution is -2.45. The summed E-state index contributed by atoms with van der Waals surface area (Å²) in [7, 11) is 0. The molecule has 0 saturated carbocycles. The summed E-state index contributed by atoms with van der Waals surface area (Å²) in [5.74, 6) is -0.377. The zero-order chi connectivity index (χ0) is 14.0. The Kier molecular flexibility index (Phi) is 4.10. The first-order chi connectivity index (χ1) is 9.02. The van der Waals surface area contributed by atoms with Crippen LogP contribution in [0.3, 0.4) is 0 Å². The van der Waals surface area contributed by atoms with Crippen molar-refractivity contribution in [2.75, 3.05) is 6.54 Å². The molecule has 1 aromatic carbocycles. The van der Waals surface area contributed by atoms with E-state index in [1.807, 2.05) is 25.1 Å². The van der Waals surface area contributed by atoms with Crippen molar-refractivity contribution in [1.82, 2.24) is 4.90 Å². The number of carbonyl (C=O) groups excluding carboxylic acids is 2. The quantitative estimate of drug-likeness (QED) is 0.916. The number of nitrogens with zero attached hydrogens (tertiary/aromatic N) is 1. The maximum absolute atomic E-state index is 12.0. The Morgan fingerprint density at radius 3 is 2.89 bits per heavy atom. The lowest BCUT2D eigenvalue weighted by Gasteiger charge is -2.24. The molecule has 1 aromatic rings. The first-order valence-corrected chi connectivity index (χ1v) is 6.75. The largest absolute Gasteiger partial charge is 0.368 e. The molecule has 102 valence electrons. The SMILES string of the molecule is CCC(C(N)=O)N1CC(c2cccc(Cl)c2)CC1=O. The zero-order valence-electron chi connectivity index (χ0n) is 10.8. The molecule has 0 spiro atoms. The van der Waals surface area contributed by atoms with Gasteiger partial charge in [0.05, 0.1) is 0 Å². The molecule has 1 fully saturated rings. The molecule has 2 rings (SSSR count). The topological polar surface area (TPSA) is 63.4 Å². The minimum absolute atomic E-state index is 0.0179. The number of nitrogens with two attached hydrogens (primary N) is 1. The van der Waals surface area contributed by atoms with Gasteiger partial charge < -0.3 is 10.6 Å². The molecule has 2 atom stereocenters. The monoisotopic (exact) mass is 280 g/mol. The summed E-state index contributed by atoms with van der Waals surface area (Å²) in [6.45, 7) is 2.38. The third kappa shape index (κ3) is 2.89. The van der Waals surface area contributed by atoms with Gasteiger partial charge in [0.2, 0.25) is 11.8 Å². The minimum atomic E-state index is -0.503. The highest BCUT2D eigenvalue weighted by Crippen LogP contribution is 2.31. The van der Waals surface area contributed by atoms with E-state index in [0.29, 0.717) is 24.4 Å². The Morgan fingerprint density at radius 1 is 1.58 bits per heavy atom. The summed E-state index contributed by atoms with van der Waals surface area (Å²) in [5, 5.41) is 0.658. The van der Waals surface area contributed by atoms with Gasteiger partial charge in [0.1, 0.15) is 6.04 Å². The molecule has 0 aromatic heterocycles. The van der Waals surface area contributed by atoms with E-state index in [-0.39, 0.29) is 11.8 Å². The standard InChI is InChI=1S/C14H17ClN2O2/c1-2-12(14(16)19)17-8-10(7-13(17)18)9-4-3-5-11(15)6-9/h3-6,10,12H,2,7-8H2,1H3,(H2,16,19). The van der Waals surface area contributed by atoms with Crippen molar-refractivity contribution in [3.8, 4) is 0 Å². The smallest absolute Gasteiger partial charge is 0.240 e. The van der Waals surface area contributed by atoms with Crippen molar-refractivity contribution in [1.29, 1.82) is 0 Å². The molecule has 2 amide bonds. The van der Waals surface area contributed by atoms with Crippen molar-refractivity contribution < 1.29 is 9.59 Å². The van der Waals surface area contributed by atoms with Crippen LogP contribution in [0.1, 0.15) is 31.2 Å². The maximum Gasteiger partial charge on any atom is 0.240 e. The molecular weight excluding hydrogens is 264 g/mol. The molecule has 2 unspecified atom stereocenters. The second-order valence-corrected chi connectivity index (χ2v) is 5.27. The third-order valence-electron chi connectivity index (χ3n) is 3.57. The zero-order valence-corrected chi connectivity index (χ0v) is 11.6. The van der Waals surface area contributed by atoms with Gasteiger partial charge in [-0.15, -0.1) is 0 Å². The molecule has 0 radical (unpaired) electrons. The normalized spacial score (nSPS) is 20.6. The van der Waals surface area contributed by atoms with Gasteiger partial charge >= 0.3 is 0 Å². The number of amides is 2. The van der Waals surface area contributed by atoms with Gasteiger partial charge in [0.25, 0.3) is 0 Å². The number of benzene rings is 1. The summed E-state index contributed by atoms with van der Waals surface area (Å²) in [6, 6.07) is 7.00. The Labute approximate surface area is 117 Å². The average molecular weight is 281 g/mol. The van der Waals surface area contributed by atoms with Gasteiger partial charge in [-0.25, -0.2) is 0 Å². The number of likely N-dealkylation sites (tertiary alicyclic amines) is 1. The summed E-state index contributed by atoms with van der Waals surface area (Å²) in [4.78, 5) is 25.0. The number of halogens is 1. The number of hydrogen-bond acceptors (Lipinski definition) is 2. The number of primary amides is 1. The Hall–Kier alpha value is -1.55. The van der Waals surface area contributed by atoms with Crippen molar-refractivity contribution in [3.05, 3.63) is 34.9 Å². The fraction of sp³-hybridized carbons (Fsp3) is 0.429. The predicted molar refractivity (Wildman–Crippen MR) is 73.8 cm³/mol. The van der Waals surface area contributed by atoms with Gasteiger partial charge in [-0.1, -0.05) is 30.7 Å². The van der Waals surface area contributed by atoms with E-state index in [2.05, 4.69) is 0 Å². The van der Waals surface area contributed by atoms with Gasteiger partial charge in [-0.05, 0) is 24.1 Å². The molecule has 5 heteroatoms. The van der Waals surface area contributed by atoms with E-state index in [9.17, 15) is 9.59 Å². The molecule has 1 aliphatic heterocycles. The van der Waals surface area contributed by atoms with Gasteiger partial charge in [-0.3, -0.25) is 9.59 Å². The van der Waals surface area contributed by atoms with Crippen LogP contribution in [-0.4, -0.2) is 29.3 Å². The fourth-order valence-corrected chi connectivity index (χ4v) is 2.79. The van der Waals surface area contributed by atoms with E-state index in [0.717, 1.165) is 5.56 Å². The minimum Gasteiger partial charge on any atom is -0.368 e. The van der Waals surface area contributed by atoms with E-state index < -0.39 is 11.9 Å². The number of carbonyl (C=O) groups is 2. The Morgan fingerprint density at radius 2 is 2.32 bits per heavy atom. The highest BCUT2D eigenvalue weighted by molar-refractivity contribution is 6.30. The van der Waals surface area contributed by atoms with Crippen LogP contribution in [0.25, 0.3) is 0 Å². The van der Waals surface area contributed by atoms with Crippen LogP contribution in [0, 0.1) is 0 Å². The van der Waals surface area contributed by atoms with Crippen LogP contribution in [0.4, 0.5) is 0 Å².